The standard InChI is InChI=1S/C38H52N4O2/c1-8-10-14-33-30(21-39-36(43)9-2)12-11-13-31(33)22-42-18-17-41(25-38(42)15-16-38)24-34-26(3)19-32(20-27(34)4)35-23-40(7)37(44)29(6)28(35)5/h11-13,19-20,23H,8-10,14-18,21-22,24-25H2,1-7H3,(H,39,43). The van der Waals surface area contributed by atoms with Crippen molar-refractivity contribution < 1.29 is 4.79 Å². The number of rotatable bonds is 11. The van der Waals surface area contributed by atoms with Gasteiger partial charge in [-0.25, -0.2) is 0 Å². The summed E-state index contributed by atoms with van der Waals surface area (Å²) in [6.45, 7) is 18.5. The van der Waals surface area contributed by atoms with Gasteiger partial charge < -0.3 is 9.88 Å². The number of hydrogen-bond acceptors (Lipinski definition) is 4. The van der Waals surface area contributed by atoms with Crippen LogP contribution < -0.4 is 10.9 Å². The van der Waals surface area contributed by atoms with Crippen LogP contribution in [0.4, 0.5) is 0 Å². The molecule has 5 rings (SSSR count). The lowest BCUT2D eigenvalue weighted by Gasteiger charge is -2.43. The maximum atomic E-state index is 12.4. The van der Waals surface area contributed by atoms with Gasteiger partial charge in [-0.3, -0.25) is 19.4 Å². The van der Waals surface area contributed by atoms with Gasteiger partial charge in [0.05, 0.1) is 0 Å². The van der Waals surface area contributed by atoms with Crippen molar-refractivity contribution in [2.75, 3.05) is 19.6 Å². The van der Waals surface area contributed by atoms with E-state index < -0.39 is 0 Å². The van der Waals surface area contributed by atoms with E-state index in [4.69, 9.17) is 0 Å². The molecule has 1 aliphatic heterocycles. The van der Waals surface area contributed by atoms with Crippen LogP contribution in [0.1, 0.15) is 90.5 Å². The molecule has 44 heavy (non-hydrogen) atoms. The van der Waals surface area contributed by atoms with Gasteiger partial charge >= 0.3 is 0 Å². The van der Waals surface area contributed by atoms with E-state index >= 15 is 0 Å². The highest BCUT2D eigenvalue weighted by atomic mass is 16.1. The Bertz CT molecular complexity index is 1560. The molecule has 0 radical (unpaired) electrons. The molecule has 1 aromatic heterocycles. The van der Waals surface area contributed by atoms with Crippen molar-refractivity contribution >= 4 is 5.91 Å². The van der Waals surface area contributed by atoms with Crippen molar-refractivity contribution in [2.24, 2.45) is 7.05 Å². The molecule has 1 N–H and O–H groups in total. The van der Waals surface area contributed by atoms with Gasteiger partial charge in [0.15, 0.2) is 0 Å². The van der Waals surface area contributed by atoms with Crippen LogP contribution in [0.5, 0.6) is 0 Å². The smallest absolute Gasteiger partial charge is 0.253 e. The average Bonchev–Trinajstić information content (AvgIpc) is 3.78. The Hall–Kier alpha value is -3.22. The molecule has 6 heteroatoms. The quantitative estimate of drug-likeness (QED) is 0.274. The minimum Gasteiger partial charge on any atom is -0.352 e. The summed E-state index contributed by atoms with van der Waals surface area (Å²) >= 11 is 0. The van der Waals surface area contributed by atoms with Crippen LogP contribution in [0.15, 0.2) is 41.3 Å². The van der Waals surface area contributed by atoms with Crippen LogP contribution in [-0.4, -0.2) is 45.4 Å². The first kappa shape index (κ1) is 32.2. The third-order valence-electron chi connectivity index (χ3n) is 10.3. The zero-order chi connectivity index (χ0) is 31.6. The van der Waals surface area contributed by atoms with Gasteiger partial charge in [-0.05, 0) is 97.9 Å². The summed E-state index contributed by atoms with van der Waals surface area (Å²) in [6, 6.07) is 11.3. The number of hydrogen-bond donors (Lipinski definition) is 1. The summed E-state index contributed by atoms with van der Waals surface area (Å²) in [5, 5.41) is 3.11. The van der Waals surface area contributed by atoms with Crippen molar-refractivity contribution in [3.63, 3.8) is 0 Å². The highest BCUT2D eigenvalue weighted by molar-refractivity contribution is 5.75. The monoisotopic (exact) mass is 596 g/mol. The van der Waals surface area contributed by atoms with Crippen molar-refractivity contribution in [1.29, 1.82) is 0 Å². The van der Waals surface area contributed by atoms with Crippen LogP contribution >= 0.6 is 0 Å². The lowest BCUT2D eigenvalue weighted by molar-refractivity contribution is -0.120. The third-order valence-corrected chi connectivity index (χ3v) is 10.3. The minimum absolute atomic E-state index is 0.0785. The first-order valence-electron chi connectivity index (χ1n) is 16.7. The van der Waals surface area contributed by atoms with Crippen molar-refractivity contribution in [3.05, 3.63) is 91.4 Å². The normalized spacial score (nSPS) is 16.4. The Morgan fingerprint density at radius 1 is 0.932 bits per heavy atom. The van der Waals surface area contributed by atoms with Crippen LogP contribution in [0.2, 0.25) is 0 Å². The molecule has 6 nitrogen and oxygen atoms in total. The molecule has 0 unspecified atom stereocenters. The average molecular weight is 597 g/mol. The van der Waals surface area contributed by atoms with E-state index in [1.54, 1.807) is 4.57 Å². The highest BCUT2D eigenvalue weighted by Crippen LogP contribution is 2.45. The summed E-state index contributed by atoms with van der Waals surface area (Å²) in [4.78, 5) is 29.9. The number of amides is 1. The van der Waals surface area contributed by atoms with E-state index in [9.17, 15) is 9.59 Å². The Balaban J connectivity index is 1.31. The van der Waals surface area contributed by atoms with E-state index in [1.165, 1.54) is 64.6 Å². The fourth-order valence-corrected chi connectivity index (χ4v) is 7.18. The molecule has 1 saturated carbocycles. The van der Waals surface area contributed by atoms with Gasteiger partial charge in [0.2, 0.25) is 5.91 Å². The molecular weight excluding hydrogens is 544 g/mol. The fourth-order valence-electron chi connectivity index (χ4n) is 7.18. The molecule has 2 heterocycles. The Morgan fingerprint density at radius 3 is 2.30 bits per heavy atom. The second-order valence-corrected chi connectivity index (χ2v) is 13.4. The van der Waals surface area contributed by atoms with E-state index in [-0.39, 0.29) is 17.0 Å². The molecule has 1 aliphatic carbocycles. The molecule has 1 spiro atoms. The largest absolute Gasteiger partial charge is 0.352 e. The number of pyridine rings is 1. The van der Waals surface area contributed by atoms with Gasteiger partial charge in [0.1, 0.15) is 0 Å². The summed E-state index contributed by atoms with van der Waals surface area (Å²) in [7, 11) is 1.84. The number of nitrogens with one attached hydrogen (secondary N) is 1. The molecule has 3 aromatic rings. The fraction of sp³-hybridized carbons (Fsp3) is 0.526. The number of benzene rings is 2. The van der Waals surface area contributed by atoms with Crippen LogP contribution in [0.25, 0.3) is 11.1 Å². The summed E-state index contributed by atoms with van der Waals surface area (Å²) in [5.41, 5.74) is 12.8. The van der Waals surface area contributed by atoms with Crippen molar-refractivity contribution in [3.8, 4) is 11.1 Å². The number of unbranched alkanes of at least 4 members (excludes halogenated alkanes) is 1. The van der Waals surface area contributed by atoms with Gasteiger partial charge in [0.25, 0.3) is 5.56 Å². The van der Waals surface area contributed by atoms with E-state index in [2.05, 4.69) is 73.1 Å². The maximum Gasteiger partial charge on any atom is 0.253 e. The summed E-state index contributed by atoms with van der Waals surface area (Å²) in [6.07, 6.45) is 8.45. The predicted molar refractivity (Wildman–Crippen MR) is 181 cm³/mol. The van der Waals surface area contributed by atoms with E-state index in [1.807, 2.05) is 27.1 Å². The molecule has 1 saturated heterocycles. The first-order chi connectivity index (χ1) is 21.1. The van der Waals surface area contributed by atoms with Crippen molar-refractivity contribution in [1.82, 2.24) is 19.7 Å². The zero-order valence-corrected chi connectivity index (χ0v) is 28.1. The number of aromatic nitrogens is 1. The molecule has 2 fully saturated rings. The van der Waals surface area contributed by atoms with Crippen LogP contribution in [0.3, 0.4) is 0 Å². The predicted octanol–water partition coefficient (Wildman–Crippen LogP) is 6.51. The Labute approximate surface area is 264 Å². The highest BCUT2D eigenvalue weighted by Gasteiger charge is 2.51. The molecule has 236 valence electrons. The third kappa shape index (κ3) is 6.72. The lowest BCUT2D eigenvalue weighted by Crippen LogP contribution is -2.54. The van der Waals surface area contributed by atoms with Gasteiger partial charge in [-0.1, -0.05) is 50.6 Å². The lowest BCUT2D eigenvalue weighted by atomic mass is 9.92. The van der Waals surface area contributed by atoms with Crippen LogP contribution in [-0.2, 0) is 37.9 Å². The van der Waals surface area contributed by atoms with Gasteiger partial charge in [0, 0.05) is 75.6 Å². The number of piperazine rings is 1. The maximum absolute atomic E-state index is 12.4. The van der Waals surface area contributed by atoms with Crippen molar-refractivity contribution in [2.45, 2.75) is 105 Å². The molecule has 0 bridgehead atoms. The number of carbonyl (C=O) groups excluding carboxylic acids is 1. The topological polar surface area (TPSA) is 57.6 Å². The Kier molecular flexibility index (Phi) is 9.81. The summed E-state index contributed by atoms with van der Waals surface area (Å²) in [5.74, 6) is 0.113. The van der Waals surface area contributed by atoms with E-state index in [0.29, 0.717) is 13.0 Å². The van der Waals surface area contributed by atoms with E-state index in [0.717, 1.165) is 55.8 Å². The molecule has 1 amide bonds. The molecule has 2 aromatic carbocycles. The SMILES string of the molecule is CCCCc1c(CNC(=O)CC)cccc1CN1CCN(Cc2c(C)cc(-c3cn(C)c(=O)c(C)c3C)cc2C)CC12CC2. The minimum atomic E-state index is 0.0785. The molecule has 2 aliphatic rings. The molecule has 0 atom stereocenters. The number of aryl methyl sites for hydroxylation is 3. The van der Waals surface area contributed by atoms with Gasteiger partial charge in [-0.2, -0.15) is 0 Å². The van der Waals surface area contributed by atoms with Gasteiger partial charge in [-0.15, -0.1) is 0 Å². The summed E-state index contributed by atoms with van der Waals surface area (Å²) < 4.78 is 1.71. The molecular formula is C38H52N4O2. The van der Waals surface area contributed by atoms with Crippen LogP contribution in [0, 0.1) is 27.7 Å². The second-order valence-electron chi connectivity index (χ2n) is 13.4. The number of carbonyl (C=O) groups is 1. The Morgan fingerprint density at radius 2 is 1.64 bits per heavy atom. The first-order valence-corrected chi connectivity index (χ1v) is 16.7. The second kappa shape index (κ2) is 13.4. The zero-order valence-electron chi connectivity index (χ0n) is 28.1. The number of nitrogens with zero attached hydrogens (tertiary/aromatic N) is 3.